The highest BCUT2D eigenvalue weighted by atomic mass is 16.5. The Morgan fingerprint density at radius 3 is 2.96 bits per heavy atom. The first-order valence-corrected chi connectivity index (χ1v) is 8.40. The largest absolute Gasteiger partial charge is 0.371 e. The van der Waals surface area contributed by atoms with Gasteiger partial charge in [-0.05, 0) is 24.0 Å². The maximum absolute atomic E-state index is 12.2. The zero-order valence-electron chi connectivity index (χ0n) is 13.9. The number of nitrogens with zero attached hydrogens (tertiary/aromatic N) is 2. The van der Waals surface area contributed by atoms with Crippen LogP contribution in [0.4, 0.5) is 4.79 Å². The van der Waals surface area contributed by atoms with E-state index in [1.807, 2.05) is 47.3 Å². The molecule has 24 heavy (non-hydrogen) atoms. The first-order valence-electron chi connectivity index (χ1n) is 8.40. The van der Waals surface area contributed by atoms with Crippen molar-refractivity contribution in [2.45, 2.75) is 32.0 Å². The molecule has 2 aromatic rings. The van der Waals surface area contributed by atoms with Gasteiger partial charge in [0, 0.05) is 32.1 Å². The molecule has 2 N–H and O–H groups in total. The molecule has 3 unspecified atom stereocenters. The zero-order chi connectivity index (χ0) is 16.8. The number of ether oxygens (including phenoxy) is 1. The van der Waals surface area contributed by atoms with E-state index in [4.69, 9.17) is 4.74 Å². The maximum Gasteiger partial charge on any atom is 0.315 e. The topological polar surface area (TPSA) is 68.2 Å². The highest BCUT2D eigenvalue weighted by Crippen LogP contribution is 2.28. The van der Waals surface area contributed by atoms with E-state index in [0.29, 0.717) is 19.1 Å². The summed E-state index contributed by atoms with van der Waals surface area (Å²) in [4.78, 5) is 12.2. The number of carbonyl (C=O) groups excluding carboxylic acids is 1. The van der Waals surface area contributed by atoms with Gasteiger partial charge in [-0.3, -0.25) is 4.68 Å². The smallest absolute Gasteiger partial charge is 0.315 e. The molecule has 3 rings (SSSR count). The van der Waals surface area contributed by atoms with Crippen LogP contribution in [0.5, 0.6) is 0 Å². The standard InChI is InChI=1S/C18H24N4O2/c1-14(13-22-10-5-9-20-22)12-19-18(23)21-16-8-11-24-17(16)15-6-3-2-4-7-15/h2-7,9-10,14,16-17H,8,11-13H2,1H3,(H2,19,21,23). The average Bonchev–Trinajstić information content (AvgIpc) is 3.26. The third kappa shape index (κ3) is 4.35. The van der Waals surface area contributed by atoms with Crippen molar-refractivity contribution in [3.05, 3.63) is 54.4 Å². The van der Waals surface area contributed by atoms with Crippen molar-refractivity contribution < 1.29 is 9.53 Å². The van der Waals surface area contributed by atoms with E-state index in [2.05, 4.69) is 22.7 Å². The van der Waals surface area contributed by atoms with Gasteiger partial charge in [0.05, 0.1) is 6.04 Å². The highest BCUT2D eigenvalue weighted by molar-refractivity contribution is 5.74. The molecule has 1 aromatic heterocycles. The first-order chi connectivity index (χ1) is 11.7. The van der Waals surface area contributed by atoms with E-state index in [9.17, 15) is 4.79 Å². The summed E-state index contributed by atoms with van der Waals surface area (Å²) in [6.07, 6.45) is 4.45. The average molecular weight is 328 g/mol. The van der Waals surface area contributed by atoms with Crippen LogP contribution in [0, 0.1) is 5.92 Å². The van der Waals surface area contributed by atoms with Gasteiger partial charge in [-0.15, -0.1) is 0 Å². The predicted molar refractivity (Wildman–Crippen MR) is 91.5 cm³/mol. The number of urea groups is 1. The maximum atomic E-state index is 12.2. The third-order valence-corrected chi connectivity index (χ3v) is 4.21. The van der Waals surface area contributed by atoms with Gasteiger partial charge in [-0.2, -0.15) is 5.10 Å². The lowest BCUT2D eigenvalue weighted by Crippen LogP contribution is -2.44. The number of carbonyl (C=O) groups is 1. The van der Waals surface area contributed by atoms with Crippen LogP contribution in [0.2, 0.25) is 0 Å². The lowest BCUT2D eigenvalue weighted by molar-refractivity contribution is 0.0999. The molecular formula is C18H24N4O2. The highest BCUT2D eigenvalue weighted by Gasteiger charge is 2.30. The van der Waals surface area contributed by atoms with E-state index in [-0.39, 0.29) is 18.2 Å². The third-order valence-electron chi connectivity index (χ3n) is 4.21. The number of benzene rings is 1. The van der Waals surface area contributed by atoms with Crippen LogP contribution in [0.3, 0.4) is 0 Å². The van der Waals surface area contributed by atoms with Crippen molar-refractivity contribution in [3.63, 3.8) is 0 Å². The Bertz CT molecular complexity index is 630. The molecule has 3 atom stereocenters. The molecular weight excluding hydrogens is 304 g/mol. The molecule has 0 saturated carbocycles. The minimum Gasteiger partial charge on any atom is -0.371 e. The summed E-state index contributed by atoms with van der Waals surface area (Å²) in [7, 11) is 0. The fraction of sp³-hybridized carbons (Fsp3) is 0.444. The molecule has 2 heterocycles. The van der Waals surface area contributed by atoms with Crippen LogP contribution in [-0.2, 0) is 11.3 Å². The molecule has 1 aliphatic heterocycles. The summed E-state index contributed by atoms with van der Waals surface area (Å²) in [6, 6.07) is 11.8. The van der Waals surface area contributed by atoms with Crippen LogP contribution >= 0.6 is 0 Å². The minimum absolute atomic E-state index is 0.00817. The van der Waals surface area contributed by atoms with E-state index >= 15 is 0 Å². The van der Waals surface area contributed by atoms with Crippen LogP contribution in [0.25, 0.3) is 0 Å². The fourth-order valence-electron chi connectivity index (χ4n) is 2.99. The molecule has 0 radical (unpaired) electrons. The lowest BCUT2D eigenvalue weighted by Gasteiger charge is -2.21. The number of rotatable bonds is 6. The van der Waals surface area contributed by atoms with E-state index in [1.54, 1.807) is 6.20 Å². The predicted octanol–water partition coefficient (Wildman–Crippen LogP) is 2.35. The van der Waals surface area contributed by atoms with E-state index < -0.39 is 0 Å². The van der Waals surface area contributed by atoms with E-state index in [1.165, 1.54) is 0 Å². The van der Waals surface area contributed by atoms with E-state index in [0.717, 1.165) is 18.5 Å². The number of nitrogens with one attached hydrogen (secondary N) is 2. The molecule has 1 aromatic carbocycles. The Hall–Kier alpha value is -2.34. The SMILES string of the molecule is CC(CNC(=O)NC1CCOC1c1ccccc1)Cn1cccn1. The molecule has 2 amide bonds. The van der Waals surface area contributed by atoms with Crippen LogP contribution < -0.4 is 10.6 Å². The molecule has 6 heteroatoms. The van der Waals surface area contributed by atoms with Gasteiger partial charge in [-0.25, -0.2) is 4.79 Å². The van der Waals surface area contributed by atoms with Crippen LogP contribution in [0.15, 0.2) is 48.8 Å². The Balaban J connectivity index is 1.46. The molecule has 6 nitrogen and oxygen atoms in total. The quantitative estimate of drug-likeness (QED) is 0.855. The Morgan fingerprint density at radius 2 is 2.21 bits per heavy atom. The summed E-state index contributed by atoms with van der Waals surface area (Å²) in [6.45, 7) is 4.15. The number of hydrogen-bond donors (Lipinski definition) is 2. The van der Waals surface area contributed by atoms with Crippen molar-refractivity contribution in [2.75, 3.05) is 13.2 Å². The monoisotopic (exact) mass is 328 g/mol. The second kappa shape index (κ2) is 7.97. The first kappa shape index (κ1) is 16.5. The Labute approximate surface area is 142 Å². The molecule has 1 saturated heterocycles. The van der Waals surface area contributed by atoms with Crippen molar-refractivity contribution >= 4 is 6.03 Å². The Kier molecular flexibility index (Phi) is 5.48. The molecule has 0 aliphatic carbocycles. The van der Waals surface area contributed by atoms with Gasteiger partial charge >= 0.3 is 6.03 Å². The van der Waals surface area contributed by atoms with Gasteiger partial charge in [0.2, 0.25) is 0 Å². The van der Waals surface area contributed by atoms with Gasteiger partial charge in [-0.1, -0.05) is 37.3 Å². The van der Waals surface area contributed by atoms with Gasteiger partial charge in [0.1, 0.15) is 6.10 Å². The van der Waals surface area contributed by atoms with Gasteiger partial charge < -0.3 is 15.4 Å². The lowest BCUT2D eigenvalue weighted by atomic mass is 10.0. The van der Waals surface area contributed by atoms with Crippen molar-refractivity contribution in [1.29, 1.82) is 0 Å². The summed E-state index contributed by atoms with van der Waals surface area (Å²) in [5.74, 6) is 0.306. The molecule has 0 bridgehead atoms. The second-order valence-corrected chi connectivity index (χ2v) is 6.28. The summed E-state index contributed by atoms with van der Waals surface area (Å²) >= 11 is 0. The van der Waals surface area contributed by atoms with Crippen LogP contribution in [-0.4, -0.2) is 35.0 Å². The summed E-state index contributed by atoms with van der Waals surface area (Å²) in [5.41, 5.74) is 1.10. The minimum atomic E-state index is -0.140. The zero-order valence-corrected chi connectivity index (χ0v) is 13.9. The molecule has 1 fully saturated rings. The summed E-state index contributed by atoms with van der Waals surface area (Å²) in [5, 5.41) is 10.2. The summed E-state index contributed by atoms with van der Waals surface area (Å²) < 4.78 is 7.67. The van der Waals surface area contributed by atoms with Crippen LogP contribution in [0.1, 0.15) is 25.0 Å². The van der Waals surface area contributed by atoms with Gasteiger partial charge in [0.25, 0.3) is 0 Å². The normalized spacial score (nSPS) is 21.4. The van der Waals surface area contributed by atoms with Crippen molar-refractivity contribution in [2.24, 2.45) is 5.92 Å². The Morgan fingerprint density at radius 1 is 1.38 bits per heavy atom. The number of hydrogen-bond acceptors (Lipinski definition) is 3. The fourth-order valence-corrected chi connectivity index (χ4v) is 2.99. The molecule has 0 spiro atoms. The van der Waals surface area contributed by atoms with Crippen molar-refractivity contribution in [3.8, 4) is 0 Å². The number of aromatic nitrogens is 2. The molecule has 128 valence electrons. The second-order valence-electron chi connectivity index (χ2n) is 6.28. The van der Waals surface area contributed by atoms with Crippen molar-refractivity contribution in [1.82, 2.24) is 20.4 Å². The number of amides is 2. The van der Waals surface area contributed by atoms with Gasteiger partial charge in [0.15, 0.2) is 0 Å². The molecule has 1 aliphatic rings.